The zero-order chi connectivity index (χ0) is 14.4. The summed E-state index contributed by atoms with van der Waals surface area (Å²) in [7, 11) is 1.60. The van der Waals surface area contributed by atoms with E-state index in [2.05, 4.69) is 5.32 Å². The van der Waals surface area contributed by atoms with Crippen molar-refractivity contribution in [3.63, 3.8) is 0 Å². The van der Waals surface area contributed by atoms with Gasteiger partial charge in [0.1, 0.15) is 0 Å². The molecule has 0 aromatic carbocycles. The lowest BCUT2D eigenvalue weighted by atomic mass is 10.1. The molecule has 2 amide bonds. The van der Waals surface area contributed by atoms with Crippen molar-refractivity contribution in [1.29, 1.82) is 0 Å². The Hall–Kier alpha value is -1.40. The lowest BCUT2D eigenvalue weighted by Gasteiger charge is -2.19. The van der Waals surface area contributed by atoms with Gasteiger partial charge in [0.15, 0.2) is 0 Å². The van der Waals surface area contributed by atoms with Crippen LogP contribution in [0.3, 0.4) is 0 Å². The van der Waals surface area contributed by atoms with Gasteiger partial charge in [-0.25, -0.2) is 0 Å². The zero-order valence-electron chi connectivity index (χ0n) is 11.4. The first-order valence-corrected chi connectivity index (χ1v) is 7.04. The van der Waals surface area contributed by atoms with Gasteiger partial charge in [-0.15, -0.1) is 11.3 Å². The van der Waals surface area contributed by atoms with Gasteiger partial charge in [-0.2, -0.15) is 0 Å². The maximum absolute atomic E-state index is 11.9. The van der Waals surface area contributed by atoms with Crippen molar-refractivity contribution in [2.24, 2.45) is 0 Å². The lowest BCUT2D eigenvalue weighted by Crippen LogP contribution is -2.42. The second-order valence-electron chi connectivity index (χ2n) is 4.69. The van der Waals surface area contributed by atoms with Crippen LogP contribution in [0.5, 0.6) is 0 Å². The van der Waals surface area contributed by atoms with E-state index in [4.69, 9.17) is 0 Å². The number of rotatable bonds is 6. The molecule has 0 radical (unpaired) electrons. The summed E-state index contributed by atoms with van der Waals surface area (Å²) in [5.41, 5.74) is 0. The molecule has 106 valence electrons. The van der Waals surface area contributed by atoms with Gasteiger partial charge < -0.3 is 15.3 Å². The molecule has 0 saturated carbocycles. The third-order valence-electron chi connectivity index (χ3n) is 2.56. The highest BCUT2D eigenvalue weighted by Gasteiger charge is 2.17. The number of carbonyl (C=O) groups excluding carboxylic acids is 2. The van der Waals surface area contributed by atoms with Crippen molar-refractivity contribution < 1.29 is 14.7 Å². The predicted octanol–water partition coefficient (Wildman–Crippen LogP) is 1.10. The first-order valence-electron chi connectivity index (χ1n) is 6.16. The summed E-state index contributed by atoms with van der Waals surface area (Å²) in [5, 5.41) is 13.8. The standard InChI is InChI=1S/C13H20N2O3S/c1-9(7-10(2)16)14-12(17)8-15(3)13(18)11-5-4-6-19-11/h4-6,9-10,16H,7-8H2,1-3H3,(H,14,17). The molecular weight excluding hydrogens is 264 g/mol. The van der Waals surface area contributed by atoms with Crippen LogP contribution in [0.25, 0.3) is 0 Å². The normalized spacial score (nSPS) is 13.7. The second-order valence-corrected chi connectivity index (χ2v) is 5.64. The van der Waals surface area contributed by atoms with Crippen LogP contribution >= 0.6 is 11.3 Å². The minimum Gasteiger partial charge on any atom is -0.393 e. The topological polar surface area (TPSA) is 69.6 Å². The molecule has 0 aliphatic carbocycles. The maximum atomic E-state index is 11.9. The summed E-state index contributed by atoms with van der Waals surface area (Å²) in [4.78, 5) is 25.7. The summed E-state index contributed by atoms with van der Waals surface area (Å²) >= 11 is 1.35. The lowest BCUT2D eigenvalue weighted by molar-refractivity contribution is -0.122. The Morgan fingerprint density at radius 2 is 2.16 bits per heavy atom. The average Bonchev–Trinajstić information content (AvgIpc) is 2.79. The highest BCUT2D eigenvalue weighted by molar-refractivity contribution is 7.12. The molecular formula is C13H20N2O3S. The number of nitrogens with zero attached hydrogens (tertiary/aromatic N) is 1. The molecule has 19 heavy (non-hydrogen) atoms. The first-order chi connectivity index (χ1) is 8.90. The van der Waals surface area contributed by atoms with Crippen molar-refractivity contribution in [3.8, 4) is 0 Å². The quantitative estimate of drug-likeness (QED) is 0.821. The summed E-state index contributed by atoms with van der Waals surface area (Å²) < 4.78 is 0. The molecule has 1 rings (SSSR count). The third kappa shape index (κ3) is 5.40. The Balaban J connectivity index is 2.42. The monoisotopic (exact) mass is 284 g/mol. The van der Waals surface area contributed by atoms with Gasteiger partial charge in [0.2, 0.25) is 5.91 Å². The Morgan fingerprint density at radius 3 is 2.68 bits per heavy atom. The summed E-state index contributed by atoms with van der Waals surface area (Å²) in [6, 6.07) is 3.42. The average molecular weight is 284 g/mol. The molecule has 6 heteroatoms. The van der Waals surface area contributed by atoms with E-state index < -0.39 is 6.10 Å². The zero-order valence-corrected chi connectivity index (χ0v) is 12.2. The van der Waals surface area contributed by atoms with Gasteiger partial charge >= 0.3 is 0 Å². The molecule has 0 saturated heterocycles. The number of likely N-dealkylation sites (N-methyl/N-ethyl adjacent to an activating group) is 1. The number of aliphatic hydroxyl groups excluding tert-OH is 1. The van der Waals surface area contributed by atoms with E-state index in [1.54, 1.807) is 26.1 Å². The van der Waals surface area contributed by atoms with Crippen LogP contribution in [0.1, 0.15) is 29.9 Å². The molecule has 2 unspecified atom stereocenters. The summed E-state index contributed by atoms with van der Waals surface area (Å²) in [5.74, 6) is -0.381. The van der Waals surface area contributed by atoms with Crippen LogP contribution in [0.2, 0.25) is 0 Å². The number of carbonyl (C=O) groups is 2. The molecule has 0 aliphatic rings. The Kier molecular flexibility index (Phi) is 5.98. The van der Waals surface area contributed by atoms with E-state index in [0.717, 1.165) is 0 Å². The summed E-state index contributed by atoms with van der Waals surface area (Å²) in [6.07, 6.45) is 0.0368. The Labute approximate surface area is 117 Å². The number of nitrogens with one attached hydrogen (secondary N) is 1. The smallest absolute Gasteiger partial charge is 0.264 e. The predicted molar refractivity (Wildman–Crippen MR) is 75.2 cm³/mol. The number of aliphatic hydroxyl groups is 1. The van der Waals surface area contributed by atoms with E-state index in [0.29, 0.717) is 11.3 Å². The van der Waals surface area contributed by atoms with Crippen LogP contribution in [-0.2, 0) is 4.79 Å². The molecule has 0 fully saturated rings. The van der Waals surface area contributed by atoms with Gasteiger partial charge in [-0.1, -0.05) is 6.07 Å². The van der Waals surface area contributed by atoms with Crippen LogP contribution in [0, 0.1) is 0 Å². The van der Waals surface area contributed by atoms with Gasteiger partial charge in [-0.05, 0) is 31.7 Å². The number of thiophene rings is 1. The fraction of sp³-hybridized carbons (Fsp3) is 0.538. The van der Waals surface area contributed by atoms with Crippen molar-refractivity contribution >= 4 is 23.2 Å². The molecule has 1 heterocycles. The second kappa shape index (κ2) is 7.25. The maximum Gasteiger partial charge on any atom is 0.264 e. The minimum absolute atomic E-state index is 0.0148. The SMILES string of the molecule is CC(O)CC(C)NC(=O)CN(C)C(=O)c1cccs1. The summed E-state index contributed by atoms with van der Waals surface area (Å²) in [6.45, 7) is 3.52. The van der Waals surface area contributed by atoms with E-state index in [-0.39, 0.29) is 24.4 Å². The van der Waals surface area contributed by atoms with E-state index in [9.17, 15) is 14.7 Å². The van der Waals surface area contributed by atoms with Gasteiger partial charge in [-0.3, -0.25) is 9.59 Å². The van der Waals surface area contributed by atoms with E-state index >= 15 is 0 Å². The minimum atomic E-state index is -0.458. The molecule has 0 spiro atoms. The fourth-order valence-corrected chi connectivity index (χ4v) is 2.48. The molecule has 0 aliphatic heterocycles. The van der Waals surface area contributed by atoms with Crippen molar-refractivity contribution in [2.45, 2.75) is 32.4 Å². The fourth-order valence-electron chi connectivity index (χ4n) is 1.77. The molecule has 2 atom stereocenters. The van der Waals surface area contributed by atoms with E-state index in [1.807, 2.05) is 12.3 Å². The third-order valence-corrected chi connectivity index (χ3v) is 3.42. The molecule has 1 aromatic heterocycles. The van der Waals surface area contributed by atoms with Crippen LogP contribution < -0.4 is 5.32 Å². The van der Waals surface area contributed by atoms with Crippen LogP contribution in [-0.4, -0.2) is 47.6 Å². The Morgan fingerprint density at radius 1 is 1.47 bits per heavy atom. The van der Waals surface area contributed by atoms with Gasteiger partial charge in [0, 0.05) is 13.1 Å². The number of amides is 2. The molecule has 0 bridgehead atoms. The van der Waals surface area contributed by atoms with Crippen LogP contribution in [0.4, 0.5) is 0 Å². The van der Waals surface area contributed by atoms with Crippen molar-refractivity contribution in [3.05, 3.63) is 22.4 Å². The highest BCUT2D eigenvalue weighted by Crippen LogP contribution is 2.10. The molecule has 2 N–H and O–H groups in total. The number of hydrogen-bond acceptors (Lipinski definition) is 4. The van der Waals surface area contributed by atoms with Crippen LogP contribution in [0.15, 0.2) is 17.5 Å². The van der Waals surface area contributed by atoms with Gasteiger partial charge in [0.25, 0.3) is 5.91 Å². The molecule has 5 nitrogen and oxygen atoms in total. The molecule has 1 aromatic rings. The van der Waals surface area contributed by atoms with Gasteiger partial charge in [0.05, 0.1) is 17.5 Å². The van der Waals surface area contributed by atoms with Crippen molar-refractivity contribution in [2.75, 3.05) is 13.6 Å². The highest BCUT2D eigenvalue weighted by atomic mass is 32.1. The van der Waals surface area contributed by atoms with Crippen molar-refractivity contribution in [1.82, 2.24) is 10.2 Å². The Bertz CT molecular complexity index is 418. The first kappa shape index (κ1) is 15.7. The van der Waals surface area contributed by atoms with E-state index in [1.165, 1.54) is 16.2 Å². The number of hydrogen-bond donors (Lipinski definition) is 2. The largest absolute Gasteiger partial charge is 0.393 e.